The molecule has 2 aromatic carbocycles. The van der Waals surface area contributed by atoms with Crippen LogP contribution in [-0.2, 0) is 6.54 Å². The number of likely N-dealkylation sites (tertiary alicyclic amines) is 2. The molecule has 0 aromatic heterocycles. The van der Waals surface area contributed by atoms with E-state index in [4.69, 9.17) is 5.73 Å². The Kier molecular flexibility index (Phi) is 8.53. The summed E-state index contributed by atoms with van der Waals surface area (Å²) in [6.45, 7) is 7.03. The van der Waals surface area contributed by atoms with Crippen molar-refractivity contribution in [3.05, 3.63) is 59.2 Å². The summed E-state index contributed by atoms with van der Waals surface area (Å²) in [7, 11) is 0. The van der Waals surface area contributed by atoms with Crippen LogP contribution < -0.4 is 5.73 Å². The van der Waals surface area contributed by atoms with Crippen molar-refractivity contribution in [2.45, 2.75) is 38.8 Å². The number of benzene rings is 2. The molecular formula is C23H31Cl2N3O. The SMILES string of the molecule is Cc1cc(CN2CCCC2)cc(-c2ccc(C(=O)N3CCC(N)C3)cc2)c1.Cl.Cl. The van der Waals surface area contributed by atoms with E-state index in [9.17, 15) is 4.79 Å². The highest BCUT2D eigenvalue weighted by Crippen LogP contribution is 2.25. The fourth-order valence-electron chi connectivity index (χ4n) is 4.28. The minimum atomic E-state index is 0. The van der Waals surface area contributed by atoms with Crippen LogP contribution >= 0.6 is 24.8 Å². The third-order valence-corrected chi connectivity index (χ3v) is 5.72. The number of rotatable bonds is 4. The Bertz CT molecular complexity index is 819. The van der Waals surface area contributed by atoms with Gasteiger partial charge < -0.3 is 10.6 Å². The number of aryl methyl sites for hydroxylation is 1. The van der Waals surface area contributed by atoms with Gasteiger partial charge in [-0.05, 0) is 74.2 Å². The van der Waals surface area contributed by atoms with Crippen LogP contribution in [0.25, 0.3) is 11.1 Å². The molecule has 2 heterocycles. The zero-order valence-electron chi connectivity index (χ0n) is 17.0. The van der Waals surface area contributed by atoms with Crippen LogP contribution in [0.3, 0.4) is 0 Å². The molecule has 158 valence electrons. The quantitative estimate of drug-likeness (QED) is 0.779. The number of hydrogen-bond donors (Lipinski definition) is 1. The van der Waals surface area contributed by atoms with E-state index in [1.807, 2.05) is 17.0 Å². The summed E-state index contributed by atoms with van der Waals surface area (Å²) in [5.41, 5.74) is 11.7. The Morgan fingerprint density at radius 1 is 1.00 bits per heavy atom. The number of hydrogen-bond acceptors (Lipinski definition) is 3. The van der Waals surface area contributed by atoms with Crippen molar-refractivity contribution in [1.29, 1.82) is 0 Å². The average Bonchev–Trinajstić information content (AvgIpc) is 3.32. The summed E-state index contributed by atoms with van der Waals surface area (Å²) in [4.78, 5) is 17.0. The number of carbonyl (C=O) groups excluding carboxylic acids is 1. The first-order valence-corrected chi connectivity index (χ1v) is 10.1. The van der Waals surface area contributed by atoms with Crippen molar-refractivity contribution in [2.24, 2.45) is 5.73 Å². The van der Waals surface area contributed by atoms with E-state index in [1.165, 1.54) is 42.6 Å². The molecular weight excluding hydrogens is 405 g/mol. The number of halogens is 2. The summed E-state index contributed by atoms with van der Waals surface area (Å²) in [5, 5.41) is 0. The molecule has 2 saturated heterocycles. The zero-order chi connectivity index (χ0) is 18.8. The van der Waals surface area contributed by atoms with Gasteiger partial charge in [0.05, 0.1) is 0 Å². The second-order valence-electron chi connectivity index (χ2n) is 8.07. The van der Waals surface area contributed by atoms with Gasteiger partial charge in [-0.1, -0.05) is 29.8 Å². The van der Waals surface area contributed by atoms with Gasteiger partial charge in [0.25, 0.3) is 5.91 Å². The lowest BCUT2D eigenvalue weighted by Crippen LogP contribution is -2.31. The summed E-state index contributed by atoms with van der Waals surface area (Å²) < 4.78 is 0. The molecule has 0 bridgehead atoms. The van der Waals surface area contributed by atoms with Crippen molar-refractivity contribution >= 4 is 30.7 Å². The number of nitrogens with zero attached hydrogens (tertiary/aromatic N) is 2. The van der Waals surface area contributed by atoms with E-state index in [0.29, 0.717) is 6.54 Å². The van der Waals surface area contributed by atoms with Crippen LogP contribution in [0.2, 0.25) is 0 Å². The van der Waals surface area contributed by atoms with Crippen LogP contribution in [0, 0.1) is 6.92 Å². The summed E-state index contributed by atoms with van der Waals surface area (Å²) in [5.74, 6) is 0.0912. The van der Waals surface area contributed by atoms with Crippen molar-refractivity contribution in [3.63, 3.8) is 0 Å². The standard InChI is InChI=1S/C23H29N3O.2ClH/c1-17-12-18(15-25-9-2-3-10-25)14-21(13-17)19-4-6-20(7-5-19)23(27)26-11-8-22(24)16-26;;/h4-7,12-14,22H,2-3,8-11,15-16,24H2,1H3;2*1H. The number of nitrogens with two attached hydrogens (primary N) is 1. The summed E-state index contributed by atoms with van der Waals surface area (Å²) in [6.07, 6.45) is 3.53. The predicted octanol–water partition coefficient (Wildman–Crippen LogP) is 4.27. The van der Waals surface area contributed by atoms with E-state index < -0.39 is 0 Å². The topological polar surface area (TPSA) is 49.6 Å². The predicted molar refractivity (Wildman–Crippen MR) is 124 cm³/mol. The lowest BCUT2D eigenvalue weighted by Gasteiger charge is -2.17. The molecule has 2 aliphatic rings. The Balaban J connectivity index is 0.00000150. The van der Waals surface area contributed by atoms with Crippen LogP contribution in [0.1, 0.15) is 40.7 Å². The molecule has 0 saturated carbocycles. The van der Waals surface area contributed by atoms with Crippen LogP contribution in [-0.4, -0.2) is 47.9 Å². The minimum absolute atomic E-state index is 0. The maximum absolute atomic E-state index is 12.6. The van der Waals surface area contributed by atoms with E-state index in [-0.39, 0.29) is 36.8 Å². The molecule has 0 spiro atoms. The monoisotopic (exact) mass is 435 g/mol. The van der Waals surface area contributed by atoms with E-state index >= 15 is 0 Å². The fraction of sp³-hybridized carbons (Fsp3) is 0.435. The highest BCUT2D eigenvalue weighted by atomic mass is 35.5. The van der Waals surface area contributed by atoms with Crippen LogP contribution in [0.15, 0.2) is 42.5 Å². The highest BCUT2D eigenvalue weighted by molar-refractivity contribution is 5.95. The summed E-state index contributed by atoms with van der Waals surface area (Å²) >= 11 is 0. The Morgan fingerprint density at radius 3 is 2.31 bits per heavy atom. The third-order valence-electron chi connectivity index (χ3n) is 5.72. The molecule has 4 nitrogen and oxygen atoms in total. The smallest absolute Gasteiger partial charge is 0.253 e. The van der Waals surface area contributed by atoms with E-state index in [2.05, 4.69) is 42.2 Å². The fourth-order valence-corrected chi connectivity index (χ4v) is 4.28. The van der Waals surface area contributed by atoms with Gasteiger partial charge in [-0.15, -0.1) is 24.8 Å². The molecule has 2 N–H and O–H groups in total. The average molecular weight is 436 g/mol. The Morgan fingerprint density at radius 2 is 1.69 bits per heavy atom. The number of amides is 1. The van der Waals surface area contributed by atoms with Gasteiger partial charge >= 0.3 is 0 Å². The Labute approximate surface area is 186 Å². The molecule has 2 fully saturated rings. The van der Waals surface area contributed by atoms with Gasteiger partial charge in [-0.3, -0.25) is 9.69 Å². The molecule has 2 aromatic rings. The summed E-state index contributed by atoms with van der Waals surface area (Å²) in [6, 6.07) is 15.0. The Hall–Kier alpha value is -1.59. The van der Waals surface area contributed by atoms with Gasteiger partial charge in [0, 0.05) is 31.2 Å². The van der Waals surface area contributed by atoms with Crippen molar-refractivity contribution in [1.82, 2.24) is 9.80 Å². The molecule has 29 heavy (non-hydrogen) atoms. The van der Waals surface area contributed by atoms with Gasteiger partial charge in [-0.25, -0.2) is 0 Å². The van der Waals surface area contributed by atoms with Crippen molar-refractivity contribution < 1.29 is 4.79 Å². The van der Waals surface area contributed by atoms with E-state index in [1.54, 1.807) is 0 Å². The maximum Gasteiger partial charge on any atom is 0.253 e. The van der Waals surface area contributed by atoms with Crippen LogP contribution in [0.4, 0.5) is 0 Å². The molecule has 1 unspecified atom stereocenters. The van der Waals surface area contributed by atoms with Crippen molar-refractivity contribution in [3.8, 4) is 11.1 Å². The van der Waals surface area contributed by atoms with Gasteiger partial charge in [0.2, 0.25) is 0 Å². The van der Waals surface area contributed by atoms with Gasteiger partial charge in [0.15, 0.2) is 0 Å². The number of carbonyl (C=O) groups is 1. The molecule has 0 radical (unpaired) electrons. The largest absolute Gasteiger partial charge is 0.337 e. The lowest BCUT2D eigenvalue weighted by atomic mass is 9.99. The van der Waals surface area contributed by atoms with E-state index in [0.717, 1.165) is 30.6 Å². The second-order valence-corrected chi connectivity index (χ2v) is 8.07. The molecule has 1 amide bonds. The van der Waals surface area contributed by atoms with Crippen molar-refractivity contribution in [2.75, 3.05) is 26.2 Å². The minimum Gasteiger partial charge on any atom is -0.337 e. The van der Waals surface area contributed by atoms with Gasteiger partial charge in [0.1, 0.15) is 0 Å². The molecule has 6 heteroatoms. The molecule has 1 atom stereocenters. The second kappa shape index (κ2) is 10.4. The maximum atomic E-state index is 12.6. The first kappa shape index (κ1) is 23.7. The molecule has 4 rings (SSSR count). The first-order chi connectivity index (χ1) is 13.1. The third kappa shape index (κ3) is 5.73. The molecule has 0 aliphatic carbocycles. The lowest BCUT2D eigenvalue weighted by molar-refractivity contribution is 0.0791. The molecule has 2 aliphatic heterocycles. The van der Waals surface area contributed by atoms with Gasteiger partial charge in [-0.2, -0.15) is 0 Å². The first-order valence-electron chi connectivity index (χ1n) is 10.1. The zero-order valence-corrected chi connectivity index (χ0v) is 18.6. The highest BCUT2D eigenvalue weighted by Gasteiger charge is 2.24. The normalized spacial score (nSPS) is 19.0. The van der Waals surface area contributed by atoms with Crippen LogP contribution in [0.5, 0.6) is 0 Å².